The Kier molecular flexibility index (Phi) is 34.4. The summed E-state index contributed by atoms with van der Waals surface area (Å²) >= 11 is 0. The van der Waals surface area contributed by atoms with E-state index in [0.717, 1.165) is 77.0 Å². The standard InChI is InChI=1S/C56H91NO18/c1-3-5-7-9-11-13-14-15-16-17-18-19-20-21-22-23-24-26-28-30-32-34-44(62)57-39(40(61)33-31-29-27-25-12-10-8-6-4-2)38-70-54-50(68)47(65)52(42(36-59)72-54)75-56-51(69)48(66)53(43(37-60)73-56)74-55-49(67)46(64)45(63)41(35-58)71-55/h5,7,11-13,15-16,18-19,21-22,24-26,31,33,39-43,45-56,58-61,63-69H,3-4,6,8-10,14,17,20,23,27-30,32,34-38H2,1-2H3,(H,57,62)/b7-5-,13-11-,16-15-,19-18-,22-21-,25-12+,26-24-,33-31+. The summed E-state index contributed by atoms with van der Waals surface area (Å²) < 4.78 is 34.0. The predicted molar refractivity (Wildman–Crippen MR) is 281 cm³/mol. The summed E-state index contributed by atoms with van der Waals surface area (Å²) in [4.78, 5) is 13.2. The molecular formula is C56H91NO18. The maximum Gasteiger partial charge on any atom is 0.220 e. The number of amides is 1. The van der Waals surface area contributed by atoms with Gasteiger partial charge in [0.25, 0.3) is 0 Å². The molecule has 0 radical (unpaired) electrons. The van der Waals surface area contributed by atoms with Crippen molar-refractivity contribution in [2.24, 2.45) is 0 Å². The van der Waals surface area contributed by atoms with Crippen molar-refractivity contribution in [3.8, 4) is 0 Å². The van der Waals surface area contributed by atoms with Crippen LogP contribution in [0.3, 0.4) is 0 Å². The number of hydrogen-bond donors (Lipinski definition) is 12. The number of aliphatic hydroxyl groups excluding tert-OH is 11. The molecule has 3 fully saturated rings. The van der Waals surface area contributed by atoms with Gasteiger partial charge in [0.2, 0.25) is 5.91 Å². The van der Waals surface area contributed by atoms with E-state index in [1.54, 1.807) is 12.2 Å². The number of carbonyl (C=O) groups is 1. The van der Waals surface area contributed by atoms with Crippen molar-refractivity contribution in [1.29, 1.82) is 0 Å². The van der Waals surface area contributed by atoms with E-state index < -0.39 is 131 Å². The lowest BCUT2D eigenvalue weighted by Crippen LogP contribution is -2.66. The normalized spacial score (nSPS) is 32.0. The second kappa shape index (κ2) is 39.1. The minimum Gasteiger partial charge on any atom is -0.394 e. The van der Waals surface area contributed by atoms with Gasteiger partial charge in [0, 0.05) is 6.42 Å². The molecule has 75 heavy (non-hydrogen) atoms. The van der Waals surface area contributed by atoms with Crippen molar-refractivity contribution >= 4 is 5.91 Å². The van der Waals surface area contributed by atoms with Gasteiger partial charge in [-0.15, -0.1) is 0 Å². The van der Waals surface area contributed by atoms with Crippen molar-refractivity contribution in [3.05, 3.63) is 97.2 Å². The number of carbonyl (C=O) groups excluding carboxylic acids is 1. The van der Waals surface area contributed by atoms with Gasteiger partial charge in [0.05, 0.1) is 38.6 Å². The van der Waals surface area contributed by atoms with Gasteiger partial charge in [0.15, 0.2) is 18.9 Å². The van der Waals surface area contributed by atoms with Crippen molar-refractivity contribution in [1.82, 2.24) is 5.32 Å². The Bertz CT molecular complexity index is 1750. The van der Waals surface area contributed by atoms with Gasteiger partial charge in [-0.05, 0) is 83.5 Å². The van der Waals surface area contributed by atoms with E-state index in [1.807, 2.05) is 0 Å². The summed E-state index contributed by atoms with van der Waals surface area (Å²) in [6.45, 7) is 1.44. The number of hydrogen-bond acceptors (Lipinski definition) is 18. The van der Waals surface area contributed by atoms with Crippen LogP contribution in [0.5, 0.6) is 0 Å². The van der Waals surface area contributed by atoms with Crippen LogP contribution < -0.4 is 5.32 Å². The smallest absolute Gasteiger partial charge is 0.220 e. The number of rotatable bonds is 36. The summed E-state index contributed by atoms with van der Waals surface area (Å²) in [6, 6.07) is -1.02. The Morgan fingerprint density at radius 2 is 0.920 bits per heavy atom. The molecule has 3 saturated heterocycles. The molecule has 0 aromatic carbocycles. The van der Waals surface area contributed by atoms with Gasteiger partial charge in [0.1, 0.15) is 73.2 Å². The van der Waals surface area contributed by atoms with Crippen LogP contribution in [0.25, 0.3) is 0 Å². The van der Waals surface area contributed by atoms with E-state index in [4.69, 9.17) is 28.4 Å². The van der Waals surface area contributed by atoms with Gasteiger partial charge in [-0.2, -0.15) is 0 Å². The molecule has 0 aromatic rings. The highest BCUT2D eigenvalue weighted by molar-refractivity contribution is 5.76. The molecule has 19 heteroatoms. The Hall–Kier alpha value is -3.29. The highest BCUT2D eigenvalue weighted by atomic mass is 16.8. The zero-order valence-corrected chi connectivity index (χ0v) is 44.0. The SMILES string of the molecule is CC/C=C\C/C=C\C/C=C\C/C=C\C/C=C\C/C=C\CCCCC(=O)NC(COC1OC(CO)C(OC2OC(CO)C(OC3OC(CO)C(O)C(O)C3O)C(O)C2O)C(O)C1O)C(O)/C=C/CC/C=C/CCCCC. The molecule has 17 atom stereocenters. The topological polar surface area (TPSA) is 307 Å². The summed E-state index contributed by atoms with van der Waals surface area (Å²) in [5.41, 5.74) is 0. The monoisotopic (exact) mass is 1070 g/mol. The average molecular weight is 1070 g/mol. The van der Waals surface area contributed by atoms with E-state index >= 15 is 0 Å². The first-order valence-electron chi connectivity index (χ1n) is 27.0. The lowest BCUT2D eigenvalue weighted by Gasteiger charge is -2.48. The van der Waals surface area contributed by atoms with Crippen LogP contribution in [0.2, 0.25) is 0 Å². The van der Waals surface area contributed by atoms with Gasteiger partial charge in [-0.3, -0.25) is 4.79 Å². The quantitative estimate of drug-likeness (QED) is 0.0317. The third-order valence-corrected chi connectivity index (χ3v) is 12.9. The van der Waals surface area contributed by atoms with E-state index in [2.05, 4.69) is 104 Å². The molecule has 3 aliphatic rings. The molecule has 0 aliphatic carbocycles. The molecule has 12 N–H and O–H groups in total. The maximum absolute atomic E-state index is 13.2. The van der Waals surface area contributed by atoms with Crippen LogP contribution >= 0.6 is 0 Å². The van der Waals surface area contributed by atoms with Gasteiger partial charge in [-0.25, -0.2) is 0 Å². The predicted octanol–water partition coefficient (Wildman–Crippen LogP) is 3.03. The summed E-state index contributed by atoms with van der Waals surface area (Å²) in [6.07, 6.45) is 20.0. The Balaban J connectivity index is 1.53. The molecular weight excluding hydrogens is 975 g/mol. The van der Waals surface area contributed by atoms with E-state index in [0.29, 0.717) is 12.8 Å². The number of nitrogens with one attached hydrogen (secondary N) is 1. The van der Waals surface area contributed by atoms with Gasteiger partial charge >= 0.3 is 0 Å². The summed E-state index contributed by atoms with van der Waals surface area (Å²) in [5.74, 6) is -0.337. The largest absolute Gasteiger partial charge is 0.394 e. The Labute approximate surface area is 443 Å². The van der Waals surface area contributed by atoms with Crippen molar-refractivity contribution in [2.75, 3.05) is 26.4 Å². The molecule has 19 nitrogen and oxygen atoms in total. The van der Waals surface area contributed by atoms with Crippen molar-refractivity contribution < 1.29 is 89.4 Å². The molecule has 0 spiro atoms. The minimum atomic E-state index is -1.99. The first-order chi connectivity index (χ1) is 36.3. The van der Waals surface area contributed by atoms with Crippen LogP contribution in [0.15, 0.2) is 97.2 Å². The Morgan fingerprint density at radius 1 is 0.493 bits per heavy atom. The van der Waals surface area contributed by atoms with Crippen molar-refractivity contribution in [3.63, 3.8) is 0 Å². The van der Waals surface area contributed by atoms with Crippen LogP contribution in [-0.2, 0) is 33.2 Å². The van der Waals surface area contributed by atoms with E-state index in [-0.39, 0.29) is 12.3 Å². The van der Waals surface area contributed by atoms with E-state index in [9.17, 15) is 61.0 Å². The van der Waals surface area contributed by atoms with Crippen LogP contribution in [-0.4, -0.2) is 193 Å². The Morgan fingerprint density at radius 3 is 1.44 bits per heavy atom. The second-order valence-electron chi connectivity index (χ2n) is 18.9. The first-order valence-corrected chi connectivity index (χ1v) is 27.0. The fraction of sp³-hybridized carbons (Fsp3) is 0.696. The molecule has 3 rings (SSSR count). The lowest BCUT2D eigenvalue weighted by atomic mass is 9.96. The highest BCUT2D eigenvalue weighted by Gasteiger charge is 2.53. The highest BCUT2D eigenvalue weighted by Crippen LogP contribution is 2.33. The summed E-state index contributed by atoms with van der Waals surface area (Å²) in [7, 11) is 0. The third kappa shape index (κ3) is 24.1. The van der Waals surface area contributed by atoms with Crippen LogP contribution in [0.1, 0.15) is 117 Å². The van der Waals surface area contributed by atoms with Crippen LogP contribution in [0.4, 0.5) is 0 Å². The molecule has 1 amide bonds. The molecule has 0 saturated carbocycles. The first kappa shape index (κ1) is 66.0. The fourth-order valence-electron chi connectivity index (χ4n) is 8.38. The third-order valence-electron chi connectivity index (χ3n) is 12.9. The molecule has 3 heterocycles. The second-order valence-corrected chi connectivity index (χ2v) is 18.9. The number of unbranched alkanes of at least 4 members (excludes halogenated alkanes) is 6. The molecule has 428 valence electrons. The molecule has 0 aromatic heterocycles. The van der Waals surface area contributed by atoms with Gasteiger partial charge in [-0.1, -0.05) is 124 Å². The van der Waals surface area contributed by atoms with E-state index in [1.165, 1.54) is 6.42 Å². The maximum atomic E-state index is 13.2. The summed E-state index contributed by atoms with van der Waals surface area (Å²) in [5, 5.41) is 120. The number of aliphatic hydroxyl groups is 11. The zero-order chi connectivity index (χ0) is 54.8. The number of ether oxygens (including phenoxy) is 6. The fourth-order valence-corrected chi connectivity index (χ4v) is 8.38. The minimum absolute atomic E-state index is 0.173. The number of allylic oxidation sites excluding steroid dienone is 15. The molecule has 0 bridgehead atoms. The molecule has 3 aliphatic heterocycles. The van der Waals surface area contributed by atoms with Crippen molar-refractivity contribution in [2.45, 2.75) is 221 Å². The lowest BCUT2D eigenvalue weighted by molar-refractivity contribution is -0.379. The average Bonchev–Trinajstić information content (AvgIpc) is 3.41. The van der Waals surface area contributed by atoms with Crippen LogP contribution in [0, 0.1) is 0 Å². The zero-order valence-electron chi connectivity index (χ0n) is 44.0. The van der Waals surface area contributed by atoms with Gasteiger partial charge < -0.3 is 89.9 Å². The molecule has 17 unspecified atom stereocenters.